The first-order valence-electron chi connectivity index (χ1n) is 4.33. The Balaban J connectivity index is 2.81. The molecular weight excluding hydrogens is 180 g/mol. The van der Waals surface area contributed by atoms with Crippen LogP contribution in [0.5, 0.6) is 5.75 Å². The normalized spacial score (nSPS) is 10.6. The molecule has 1 aromatic rings. The summed E-state index contributed by atoms with van der Waals surface area (Å²) in [4.78, 5) is 10.4. The molecule has 0 aliphatic carbocycles. The number of carbonyl (C=O) groups is 1. The predicted molar refractivity (Wildman–Crippen MR) is 54.2 cm³/mol. The van der Waals surface area contributed by atoms with Gasteiger partial charge >= 0.3 is 0 Å². The standard InChI is InChI=1S/C11H12O3/c12-6-2-1-3-9-4-5-10(8-13)11(14)7-9/h1,3-5,7-8,12,14H,2,6H2. The fourth-order valence-corrected chi connectivity index (χ4v) is 1.06. The molecule has 0 fully saturated rings. The van der Waals surface area contributed by atoms with E-state index in [9.17, 15) is 9.90 Å². The number of aliphatic hydroxyl groups excluding tert-OH is 1. The first-order chi connectivity index (χ1) is 6.77. The third kappa shape index (κ3) is 2.71. The molecule has 2 N–H and O–H groups in total. The fraction of sp³-hybridized carbons (Fsp3) is 0.182. The average Bonchev–Trinajstić information content (AvgIpc) is 2.18. The van der Waals surface area contributed by atoms with Crippen molar-refractivity contribution in [3.8, 4) is 5.75 Å². The van der Waals surface area contributed by atoms with Gasteiger partial charge in [-0.15, -0.1) is 0 Å². The maximum absolute atomic E-state index is 10.4. The minimum absolute atomic E-state index is 0.0221. The number of hydrogen-bond donors (Lipinski definition) is 2. The van der Waals surface area contributed by atoms with Gasteiger partial charge in [0.25, 0.3) is 0 Å². The molecule has 74 valence electrons. The van der Waals surface area contributed by atoms with E-state index in [1.54, 1.807) is 24.3 Å². The van der Waals surface area contributed by atoms with Crippen LogP contribution >= 0.6 is 0 Å². The van der Waals surface area contributed by atoms with E-state index >= 15 is 0 Å². The van der Waals surface area contributed by atoms with Crippen LogP contribution in [0.15, 0.2) is 24.3 Å². The molecule has 14 heavy (non-hydrogen) atoms. The van der Waals surface area contributed by atoms with Gasteiger partial charge in [0.05, 0.1) is 5.56 Å². The lowest BCUT2D eigenvalue weighted by Gasteiger charge is -1.98. The van der Waals surface area contributed by atoms with Crippen molar-refractivity contribution in [3.05, 3.63) is 35.4 Å². The van der Waals surface area contributed by atoms with Gasteiger partial charge in [0.2, 0.25) is 0 Å². The highest BCUT2D eigenvalue weighted by Crippen LogP contribution is 2.17. The van der Waals surface area contributed by atoms with Gasteiger partial charge in [-0.3, -0.25) is 4.79 Å². The van der Waals surface area contributed by atoms with E-state index in [0.29, 0.717) is 12.7 Å². The molecule has 3 nitrogen and oxygen atoms in total. The van der Waals surface area contributed by atoms with Crippen molar-refractivity contribution in [3.63, 3.8) is 0 Å². The Morgan fingerprint density at radius 1 is 1.36 bits per heavy atom. The zero-order valence-corrected chi connectivity index (χ0v) is 7.68. The van der Waals surface area contributed by atoms with Crippen molar-refractivity contribution in [2.45, 2.75) is 6.42 Å². The smallest absolute Gasteiger partial charge is 0.153 e. The Kier molecular flexibility index (Phi) is 3.88. The third-order valence-electron chi connectivity index (χ3n) is 1.79. The Morgan fingerprint density at radius 2 is 2.14 bits per heavy atom. The molecule has 0 saturated heterocycles. The van der Waals surface area contributed by atoms with Gasteiger partial charge in [0.1, 0.15) is 5.75 Å². The van der Waals surface area contributed by atoms with E-state index in [1.165, 1.54) is 6.07 Å². The maximum Gasteiger partial charge on any atom is 0.153 e. The second-order valence-corrected chi connectivity index (χ2v) is 2.85. The van der Waals surface area contributed by atoms with Crippen molar-refractivity contribution in [1.82, 2.24) is 0 Å². The van der Waals surface area contributed by atoms with Gasteiger partial charge in [-0.25, -0.2) is 0 Å². The molecule has 0 bridgehead atoms. The third-order valence-corrected chi connectivity index (χ3v) is 1.79. The molecule has 0 atom stereocenters. The highest BCUT2D eigenvalue weighted by Gasteiger charge is 1.98. The first kappa shape index (κ1) is 10.5. The summed E-state index contributed by atoms with van der Waals surface area (Å²) >= 11 is 0. The van der Waals surface area contributed by atoms with Gasteiger partial charge < -0.3 is 10.2 Å². The van der Waals surface area contributed by atoms with E-state index in [0.717, 1.165) is 5.56 Å². The lowest BCUT2D eigenvalue weighted by Crippen LogP contribution is -1.82. The molecule has 0 saturated carbocycles. The minimum atomic E-state index is -0.0221. The van der Waals surface area contributed by atoms with E-state index in [-0.39, 0.29) is 17.9 Å². The van der Waals surface area contributed by atoms with Crippen LogP contribution in [0.3, 0.4) is 0 Å². The molecule has 0 spiro atoms. The van der Waals surface area contributed by atoms with E-state index < -0.39 is 0 Å². The zero-order chi connectivity index (χ0) is 10.4. The number of aldehydes is 1. The van der Waals surface area contributed by atoms with Crippen molar-refractivity contribution in [1.29, 1.82) is 0 Å². The number of phenols is 1. The average molecular weight is 192 g/mol. The molecule has 0 aromatic heterocycles. The second-order valence-electron chi connectivity index (χ2n) is 2.85. The summed E-state index contributed by atoms with van der Waals surface area (Å²) in [5.74, 6) is -0.0221. The summed E-state index contributed by atoms with van der Waals surface area (Å²) in [6, 6.07) is 4.80. The van der Waals surface area contributed by atoms with Crippen LogP contribution in [0.2, 0.25) is 0 Å². The molecule has 3 heteroatoms. The van der Waals surface area contributed by atoms with Crippen LogP contribution in [0.25, 0.3) is 6.08 Å². The second kappa shape index (κ2) is 5.19. The number of hydrogen-bond acceptors (Lipinski definition) is 3. The van der Waals surface area contributed by atoms with Crippen LogP contribution in [0.4, 0.5) is 0 Å². The highest BCUT2D eigenvalue weighted by atomic mass is 16.3. The molecule has 0 aliphatic heterocycles. The van der Waals surface area contributed by atoms with Crippen molar-refractivity contribution in [2.24, 2.45) is 0 Å². The number of phenolic OH excluding ortho intramolecular Hbond substituents is 1. The van der Waals surface area contributed by atoms with E-state index in [4.69, 9.17) is 5.11 Å². The van der Waals surface area contributed by atoms with Crippen LogP contribution in [0, 0.1) is 0 Å². The first-order valence-corrected chi connectivity index (χ1v) is 4.33. The van der Waals surface area contributed by atoms with E-state index in [2.05, 4.69) is 0 Å². The zero-order valence-electron chi connectivity index (χ0n) is 7.68. The Morgan fingerprint density at radius 3 is 2.71 bits per heavy atom. The summed E-state index contributed by atoms with van der Waals surface area (Å²) in [7, 11) is 0. The Labute approximate surface area is 82.3 Å². The molecule has 0 radical (unpaired) electrons. The number of aromatic hydroxyl groups is 1. The van der Waals surface area contributed by atoms with Gasteiger partial charge in [-0.05, 0) is 24.1 Å². The molecule has 1 aromatic carbocycles. The molecule has 0 heterocycles. The van der Waals surface area contributed by atoms with E-state index in [1.807, 2.05) is 0 Å². The lowest BCUT2D eigenvalue weighted by atomic mass is 10.1. The highest BCUT2D eigenvalue weighted by molar-refractivity contribution is 5.79. The summed E-state index contributed by atoms with van der Waals surface area (Å²) < 4.78 is 0. The number of carbonyl (C=O) groups excluding carboxylic acids is 1. The molecule has 0 amide bonds. The predicted octanol–water partition coefficient (Wildman–Crippen LogP) is 1.60. The largest absolute Gasteiger partial charge is 0.507 e. The van der Waals surface area contributed by atoms with Gasteiger partial charge in [-0.1, -0.05) is 18.2 Å². The Hall–Kier alpha value is -1.61. The van der Waals surface area contributed by atoms with Gasteiger partial charge in [0.15, 0.2) is 6.29 Å². The monoisotopic (exact) mass is 192 g/mol. The quantitative estimate of drug-likeness (QED) is 0.712. The topological polar surface area (TPSA) is 57.5 Å². The number of benzene rings is 1. The molecule has 0 aliphatic rings. The van der Waals surface area contributed by atoms with Gasteiger partial charge in [-0.2, -0.15) is 0 Å². The van der Waals surface area contributed by atoms with Crippen LogP contribution in [-0.2, 0) is 0 Å². The lowest BCUT2D eigenvalue weighted by molar-refractivity contribution is 0.112. The number of aliphatic hydroxyl groups is 1. The maximum atomic E-state index is 10.4. The number of rotatable bonds is 4. The van der Waals surface area contributed by atoms with Gasteiger partial charge in [0, 0.05) is 6.61 Å². The summed E-state index contributed by atoms with van der Waals surface area (Å²) in [6.07, 6.45) is 4.77. The SMILES string of the molecule is O=Cc1ccc(C=CCCO)cc1O. The van der Waals surface area contributed by atoms with Crippen molar-refractivity contribution >= 4 is 12.4 Å². The Bertz CT molecular complexity index is 342. The fourth-order valence-electron chi connectivity index (χ4n) is 1.06. The van der Waals surface area contributed by atoms with Crippen LogP contribution < -0.4 is 0 Å². The van der Waals surface area contributed by atoms with Crippen LogP contribution in [0.1, 0.15) is 22.3 Å². The van der Waals surface area contributed by atoms with Crippen molar-refractivity contribution in [2.75, 3.05) is 6.61 Å². The summed E-state index contributed by atoms with van der Waals surface area (Å²) in [6.45, 7) is 0.106. The van der Waals surface area contributed by atoms with Crippen LogP contribution in [-0.4, -0.2) is 23.1 Å². The van der Waals surface area contributed by atoms with Crippen molar-refractivity contribution < 1.29 is 15.0 Å². The summed E-state index contributed by atoms with van der Waals surface area (Å²) in [5.41, 5.74) is 1.09. The minimum Gasteiger partial charge on any atom is -0.507 e. The molecule has 0 unspecified atom stereocenters. The summed E-state index contributed by atoms with van der Waals surface area (Å²) in [5, 5.41) is 17.9. The molecular formula is C11H12O3. The molecule has 1 rings (SSSR count).